The maximum absolute atomic E-state index is 5.37. The van der Waals surface area contributed by atoms with Crippen LogP contribution in [0.15, 0.2) is 6.07 Å². The molecule has 0 amide bonds. The highest BCUT2D eigenvalue weighted by atomic mass is 16.5. The Morgan fingerprint density at radius 1 is 1.00 bits per heavy atom. The zero-order valence-corrected chi connectivity index (χ0v) is 10.8. The number of aromatic nitrogens is 4. The fraction of sp³-hybridized carbons (Fsp3) is 0.308. The number of fused-ring (bicyclic) bond motifs is 3. The smallest absolute Gasteiger partial charge is 0.149 e. The van der Waals surface area contributed by atoms with Crippen LogP contribution in [0.2, 0.25) is 0 Å². The van der Waals surface area contributed by atoms with Crippen LogP contribution in [0.5, 0.6) is 5.75 Å². The molecule has 1 N–H and O–H groups in total. The van der Waals surface area contributed by atoms with Gasteiger partial charge in [-0.25, -0.2) is 15.0 Å². The van der Waals surface area contributed by atoms with Gasteiger partial charge in [0, 0.05) is 6.07 Å². The van der Waals surface area contributed by atoms with Crippen LogP contribution < -0.4 is 4.74 Å². The molecule has 0 aliphatic carbocycles. The molecule has 2 heterocycles. The molecule has 0 aliphatic rings. The van der Waals surface area contributed by atoms with Crippen molar-refractivity contribution in [3.8, 4) is 5.75 Å². The summed E-state index contributed by atoms with van der Waals surface area (Å²) in [6.07, 6.45) is 0. The Kier molecular flexibility index (Phi) is 2.23. The Labute approximate surface area is 104 Å². The summed E-state index contributed by atoms with van der Waals surface area (Å²) in [5, 5.41) is 0. The van der Waals surface area contributed by atoms with Crippen molar-refractivity contribution in [3.05, 3.63) is 23.3 Å². The van der Waals surface area contributed by atoms with E-state index >= 15 is 0 Å². The van der Waals surface area contributed by atoms with Gasteiger partial charge >= 0.3 is 0 Å². The lowest BCUT2D eigenvalue weighted by atomic mass is 10.2. The van der Waals surface area contributed by atoms with Crippen molar-refractivity contribution in [3.63, 3.8) is 0 Å². The van der Waals surface area contributed by atoms with Crippen LogP contribution >= 0.6 is 0 Å². The minimum Gasteiger partial charge on any atom is -0.494 e. The summed E-state index contributed by atoms with van der Waals surface area (Å²) in [6.45, 7) is 5.83. The van der Waals surface area contributed by atoms with E-state index in [0.29, 0.717) is 0 Å². The van der Waals surface area contributed by atoms with E-state index in [2.05, 4.69) is 19.9 Å². The van der Waals surface area contributed by atoms with Crippen LogP contribution in [-0.4, -0.2) is 27.0 Å². The van der Waals surface area contributed by atoms with Crippen LogP contribution in [0.1, 0.15) is 17.2 Å². The van der Waals surface area contributed by atoms with Crippen molar-refractivity contribution in [2.45, 2.75) is 20.8 Å². The van der Waals surface area contributed by atoms with E-state index in [4.69, 9.17) is 4.74 Å². The Balaban J connectivity index is 2.54. The summed E-state index contributed by atoms with van der Waals surface area (Å²) in [5.74, 6) is 1.57. The lowest BCUT2D eigenvalue weighted by Gasteiger charge is -2.06. The molecular weight excluding hydrogens is 228 g/mol. The number of methoxy groups -OCH3 is 1. The first kappa shape index (κ1) is 11.0. The Morgan fingerprint density at radius 2 is 1.72 bits per heavy atom. The standard InChI is InChI=1S/C13H14N4O/c1-6-7(2)15-11-9(14-6)5-10(18-4)12-13(11)17-8(3)16-12/h5H,1-4H3,(H,16,17). The number of aromatic amines is 1. The summed E-state index contributed by atoms with van der Waals surface area (Å²) < 4.78 is 5.37. The maximum Gasteiger partial charge on any atom is 0.149 e. The molecule has 3 aromatic rings. The van der Waals surface area contributed by atoms with Crippen molar-refractivity contribution in [2.75, 3.05) is 7.11 Å². The first-order valence-electron chi connectivity index (χ1n) is 5.78. The minimum absolute atomic E-state index is 0.722. The number of benzene rings is 1. The minimum atomic E-state index is 0.722. The molecule has 0 radical (unpaired) electrons. The molecule has 0 saturated heterocycles. The van der Waals surface area contributed by atoms with Crippen molar-refractivity contribution < 1.29 is 4.74 Å². The molecule has 92 valence electrons. The largest absolute Gasteiger partial charge is 0.494 e. The number of nitrogens with one attached hydrogen (secondary N) is 1. The summed E-state index contributed by atoms with van der Waals surface area (Å²) in [4.78, 5) is 16.8. The van der Waals surface area contributed by atoms with Gasteiger partial charge in [0.1, 0.15) is 22.6 Å². The summed E-state index contributed by atoms with van der Waals surface area (Å²) >= 11 is 0. The zero-order chi connectivity index (χ0) is 12.9. The third kappa shape index (κ3) is 1.44. The van der Waals surface area contributed by atoms with Crippen LogP contribution in [0.3, 0.4) is 0 Å². The van der Waals surface area contributed by atoms with E-state index in [0.717, 1.165) is 45.0 Å². The first-order chi connectivity index (χ1) is 8.60. The molecule has 0 spiro atoms. The number of aryl methyl sites for hydroxylation is 3. The van der Waals surface area contributed by atoms with Gasteiger partial charge in [-0.15, -0.1) is 0 Å². The SMILES string of the molecule is COc1cc2nc(C)c(C)nc2c2[nH]c(C)nc12. The highest BCUT2D eigenvalue weighted by molar-refractivity contribution is 6.03. The lowest BCUT2D eigenvalue weighted by Crippen LogP contribution is -1.95. The second kappa shape index (κ2) is 3.66. The molecule has 0 unspecified atom stereocenters. The molecule has 1 aromatic carbocycles. The van der Waals surface area contributed by atoms with E-state index in [1.54, 1.807) is 7.11 Å². The van der Waals surface area contributed by atoms with E-state index in [-0.39, 0.29) is 0 Å². The van der Waals surface area contributed by atoms with Crippen molar-refractivity contribution in [1.29, 1.82) is 0 Å². The fourth-order valence-electron chi connectivity index (χ4n) is 2.09. The van der Waals surface area contributed by atoms with Gasteiger partial charge in [-0.2, -0.15) is 0 Å². The highest BCUT2D eigenvalue weighted by Crippen LogP contribution is 2.30. The zero-order valence-electron chi connectivity index (χ0n) is 10.8. The second-order valence-electron chi connectivity index (χ2n) is 4.39. The summed E-state index contributed by atoms with van der Waals surface area (Å²) in [7, 11) is 1.64. The molecule has 0 aliphatic heterocycles. The summed E-state index contributed by atoms with van der Waals surface area (Å²) in [5.41, 5.74) is 5.22. The van der Waals surface area contributed by atoms with Gasteiger partial charge in [0.25, 0.3) is 0 Å². The Morgan fingerprint density at radius 3 is 2.44 bits per heavy atom. The first-order valence-corrected chi connectivity index (χ1v) is 5.78. The Hall–Kier alpha value is -2.17. The molecule has 2 aromatic heterocycles. The third-order valence-corrected chi connectivity index (χ3v) is 3.11. The molecule has 0 fully saturated rings. The predicted octanol–water partition coefficient (Wildman–Crippen LogP) is 2.44. The van der Waals surface area contributed by atoms with E-state index in [9.17, 15) is 0 Å². The van der Waals surface area contributed by atoms with Gasteiger partial charge in [0.2, 0.25) is 0 Å². The van der Waals surface area contributed by atoms with E-state index in [1.165, 1.54) is 0 Å². The number of H-pyrrole nitrogens is 1. The average molecular weight is 242 g/mol. The monoisotopic (exact) mass is 242 g/mol. The molecule has 3 rings (SSSR count). The predicted molar refractivity (Wildman–Crippen MR) is 70.0 cm³/mol. The quantitative estimate of drug-likeness (QED) is 0.711. The van der Waals surface area contributed by atoms with Gasteiger partial charge in [-0.3, -0.25) is 0 Å². The lowest BCUT2D eigenvalue weighted by molar-refractivity contribution is 0.419. The van der Waals surface area contributed by atoms with E-state index in [1.807, 2.05) is 26.8 Å². The van der Waals surface area contributed by atoms with Crippen molar-refractivity contribution >= 4 is 22.1 Å². The molecule has 18 heavy (non-hydrogen) atoms. The van der Waals surface area contributed by atoms with Gasteiger partial charge in [-0.05, 0) is 20.8 Å². The van der Waals surface area contributed by atoms with Crippen molar-refractivity contribution in [1.82, 2.24) is 19.9 Å². The number of hydrogen-bond donors (Lipinski definition) is 1. The van der Waals surface area contributed by atoms with Crippen LogP contribution in [-0.2, 0) is 0 Å². The number of hydrogen-bond acceptors (Lipinski definition) is 4. The summed E-state index contributed by atoms with van der Waals surface area (Å²) in [6, 6.07) is 1.89. The van der Waals surface area contributed by atoms with Crippen LogP contribution in [0, 0.1) is 20.8 Å². The average Bonchev–Trinajstić information content (AvgIpc) is 2.72. The second-order valence-corrected chi connectivity index (χ2v) is 4.39. The highest BCUT2D eigenvalue weighted by Gasteiger charge is 2.13. The van der Waals surface area contributed by atoms with Gasteiger partial charge in [0.05, 0.1) is 29.5 Å². The fourth-order valence-corrected chi connectivity index (χ4v) is 2.09. The maximum atomic E-state index is 5.37. The number of imidazole rings is 1. The van der Waals surface area contributed by atoms with E-state index < -0.39 is 0 Å². The number of ether oxygens (including phenoxy) is 1. The normalized spacial score (nSPS) is 11.3. The van der Waals surface area contributed by atoms with Crippen LogP contribution in [0.25, 0.3) is 22.1 Å². The molecule has 0 bridgehead atoms. The molecule has 5 nitrogen and oxygen atoms in total. The molecule has 0 saturated carbocycles. The van der Waals surface area contributed by atoms with Gasteiger partial charge in [0.15, 0.2) is 0 Å². The van der Waals surface area contributed by atoms with Gasteiger partial charge in [-0.1, -0.05) is 0 Å². The van der Waals surface area contributed by atoms with Crippen molar-refractivity contribution in [2.24, 2.45) is 0 Å². The Bertz CT molecular complexity index is 761. The molecule has 5 heteroatoms. The molecule has 0 atom stereocenters. The topological polar surface area (TPSA) is 63.7 Å². The number of nitrogens with zero attached hydrogens (tertiary/aromatic N) is 3. The third-order valence-electron chi connectivity index (χ3n) is 3.11. The van der Waals surface area contributed by atoms with Gasteiger partial charge < -0.3 is 9.72 Å². The molecular formula is C13H14N4O. The van der Waals surface area contributed by atoms with Crippen LogP contribution in [0.4, 0.5) is 0 Å². The number of rotatable bonds is 1.